The van der Waals surface area contributed by atoms with E-state index in [0.717, 1.165) is 65.3 Å². The molecule has 1 fully saturated rings. The van der Waals surface area contributed by atoms with Crippen LogP contribution in [0.15, 0.2) is 36.7 Å². The van der Waals surface area contributed by atoms with Gasteiger partial charge < -0.3 is 20.3 Å². The number of rotatable bonds is 4. The third-order valence-electron chi connectivity index (χ3n) is 6.04. The van der Waals surface area contributed by atoms with E-state index in [4.69, 9.17) is 0 Å². The van der Waals surface area contributed by atoms with E-state index in [-0.39, 0.29) is 12.0 Å². The number of nitrogens with zero attached hydrogens (tertiary/aromatic N) is 4. The van der Waals surface area contributed by atoms with E-state index in [1.54, 1.807) is 12.4 Å². The van der Waals surface area contributed by atoms with Crippen molar-refractivity contribution < 1.29 is 9.90 Å². The van der Waals surface area contributed by atoms with Crippen LogP contribution in [-0.4, -0.2) is 55.4 Å². The average Bonchev–Trinajstić information content (AvgIpc) is 3.37. The van der Waals surface area contributed by atoms with Gasteiger partial charge in [0.25, 0.3) is 5.91 Å². The number of aliphatic hydroxyl groups excluding tert-OH is 1. The van der Waals surface area contributed by atoms with Crippen LogP contribution in [0.3, 0.4) is 0 Å². The Hall–Kier alpha value is -3.72. The summed E-state index contributed by atoms with van der Waals surface area (Å²) >= 11 is 0. The minimum atomic E-state index is -0.269. The fourth-order valence-electron chi connectivity index (χ4n) is 3.99. The summed E-state index contributed by atoms with van der Waals surface area (Å²) in [4.78, 5) is 27.1. The molecule has 0 aromatic carbocycles. The van der Waals surface area contributed by atoms with Gasteiger partial charge in [-0.25, -0.2) is 9.97 Å². The topological polar surface area (TPSA) is 123 Å². The van der Waals surface area contributed by atoms with Gasteiger partial charge in [-0.3, -0.25) is 9.89 Å². The number of carbonyl (C=O) groups excluding carboxylic acids is 1. The summed E-state index contributed by atoms with van der Waals surface area (Å²) < 4.78 is 0. The fourth-order valence-corrected chi connectivity index (χ4v) is 3.99. The van der Waals surface area contributed by atoms with Crippen LogP contribution in [0.1, 0.15) is 34.6 Å². The fraction of sp³-hybridized carbons (Fsp3) is 0.304. The summed E-state index contributed by atoms with van der Waals surface area (Å²) in [7, 11) is 0. The zero-order valence-electron chi connectivity index (χ0n) is 18.0. The second kappa shape index (κ2) is 8.08. The van der Waals surface area contributed by atoms with Gasteiger partial charge >= 0.3 is 0 Å². The molecule has 0 unspecified atom stereocenters. The van der Waals surface area contributed by atoms with Crippen LogP contribution < -0.4 is 10.2 Å². The number of H-pyrrole nitrogens is 2. The summed E-state index contributed by atoms with van der Waals surface area (Å²) in [5.41, 5.74) is 5.36. The molecule has 1 aliphatic heterocycles. The minimum Gasteiger partial charge on any atom is -0.393 e. The second-order valence-electron chi connectivity index (χ2n) is 8.24. The average molecular weight is 432 g/mol. The second-order valence-corrected chi connectivity index (χ2v) is 8.24. The predicted molar refractivity (Wildman–Crippen MR) is 123 cm³/mol. The molecule has 5 rings (SSSR count). The molecule has 9 heteroatoms. The maximum atomic E-state index is 12.6. The SMILES string of the molecule is Cc1[nH]nc(C(=O)Nc2cnc3[nH]c(-c4ccnc(N5CCC(O)CC5)c4)cc3c2)c1C. The summed E-state index contributed by atoms with van der Waals surface area (Å²) in [6.07, 6.45) is 4.73. The smallest absolute Gasteiger partial charge is 0.276 e. The standard InChI is InChI=1S/C23H25N7O2/c1-13-14(2)28-29-21(13)23(32)26-17-9-16-10-19(27-22(16)25-12-17)15-3-6-24-20(11-15)30-7-4-18(31)5-8-30/h3,6,9-12,18,31H,4-5,7-8H2,1-2H3,(H,25,27)(H,26,32)(H,28,29). The summed E-state index contributed by atoms with van der Waals surface area (Å²) in [5, 5.41) is 20.4. The van der Waals surface area contributed by atoms with Gasteiger partial charge in [-0.05, 0) is 51.0 Å². The van der Waals surface area contributed by atoms with Gasteiger partial charge in [0.1, 0.15) is 11.5 Å². The number of nitrogens with one attached hydrogen (secondary N) is 3. The van der Waals surface area contributed by atoms with Gasteiger partial charge in [-0.15, -0.1) is 0 Å². The van der Waals surface area contributed by atoms with Gasteiger partial charge in [0.2, 0.25) is 0 Å². The number of aromatic amines is 2. The van der Waals surface area contributed by atoms with Crippen molar-refractivity contribution in [3.63, 3.8) is 0 Å². The first-order chi connectivity index (χ1) is 15.5. The molecule has 1 aliphatic rings. The summed E-state index contributed by atoms with van der Waals surface area (Å²) in [5.74, 6) is 0.632. The predicted octanol–water partition coefficient (Wildman–Crippen LogP) is 3.18. The van der Waals surface area contributed by atoms with E-state index in [9.17, 15) is 9.90 Å². The van der Waals surface area contributed by atoms with E-state index >= 15 is 0 Å². The number of amides is 1. The summed E-state index contributed by atoms with van der Waals surface area (Å²) in [6.45, 7) is 5.34. The number of aromatic nitrogens is 5. The molecule has 32 heavy (non-hydrogen) atoms. The highest BCUT2D eigenvalue weighted by atomic mass is 16.3. The number of hydrogen-bond donors (Lipinski definition) is 4. The van der Waals surface area contributed by atoms with Crippen molar-refractivity contribution >= 4 is 28.4 Å². The zero-order valence-corrected chi connectivity index (χ0v) is 18.0. The van der Waals surface area contributed by atoms with Gasteiger partial charge in [-0.1, -0.05) is 0 Å². The maximum Gasteiger partial charge on any atom is 0.276 e. The number of anilines is 2. The van der Waals surface area contributed by atoms with Crippen molar-refractivity contribution in [3.8, 4) is 11.3 Å². The Bertz CT molecular complexity index is 1280. The molecule has 0 saturated carbocycles. The maximum absolute atomic E-state index is 12.6. The van der Waals surface area contributed by atoms with Crippen molar-refractivity contribution in [2.75, 3.05) is 23.3 Å². The number of piperidine rings is 1. The number of aryl methyl sites for hydroxylation is 1. The van der Waals surface area contributed by atoms with Crippen molar-refractivity contribution in [1.82, 2.24) is 25.1 Å². The normalized spacial score (nSPS) is 14.8. The lowest BCUT2D eigenvalue weighted by Crippen LogP contribution is -2.36. The minimum absolute atomic E-state index is 0.218. The van der Waals surface area contributed by atoms with Crippen molar-refractivity contribution in [3.05, 3.63) is 53.6 Å². The Morgan fingerprint density at radius 3 is 2.75 bits per heavy atom. The molecule has 4 aromatic rings. The van der Waals surface area contributed by atoms with Crippen molar-refractivity contribution in [1.29, 1.82) is 0 Å². The molecular weight excluding hydrogens is 406 g/mol. The summed E-state index contributed by atoms with van der Waals surface area (Å²) in [6, 6.07) is 7.91. The van der Waals surface area contributed by atoms with Crippen molar-refractivity contribution in [2.45, 2.75) is 32.8 Å². The van der Waals surface area contributed by atoms with Crippen LogP contribution in [0.25, 0.3) is 22.3 Å². The van der Waals surface area contributed by atoms with Crippen LogP contribution in [0.5, 0.6) is 0 Å². The van der Waals surface area contributed by atoms with Gasteiger partial charge in [-0.2, -0.15) is 5.10 Å². The highest BCUT2D eigenvalue weighted by Crippen LogP contribution is 2.28. The molecule has 9 nitrogen and oxygen atoms in total. The molecule has 164 valence electrons. The van der Waals surface area contributed by atoms with Crippen LogP contribution >= 0.6 is 0 Å². The number of hydrogen-bond acceptors (Lipinski definition) is 6. The highest BCUT2D eigenvalue weighted by Gasteiger charge is 2.19. The molecule has 0 radical (unpaired) electrons. The molecule has 0 spiro atoms. The Morgan fingerprint density at radius 2 is 2.00 bits per heavy atom. The zero-order chi connectivity index (χ0) is 22.2. The monoisotopic (exact) mass is 431 g/mol. The van der Waals surface area contributed by atoms with E-state index < -0.39 is 0 Å². The Labute approximate surface area is 184 Å². The van der Waals surface area contributed by atoms with Crippen LogP contribution in [0.4, 0.5) is 11.5 Å². The van der Waals surface area contributed by atoms with Crippen LogP contribution in [-0.2, 0) is 0 Å². The van der Waals surface area contributed by atoms with E-state index in [1.807, 2.05) is 38.1 Å². The number of aliphatic hydroxyl groups is 1. The Kier molecular flexibility index (Phi) is 5.10. The third-order valence-corrected chi connectivity index (χ3v) is 6.04. The lowest BCUT2D eigenvalue weighted by molar-refractivity contribution is 0.102. The molecule has 1 amide bonds. The van der Waals surface area contributed by atoms with Gasteiger partial charge in [0.05, 0.1) is 18.0 Å². The van der Waals surface area contributed by atoms with Gasteiger partial charge in [0.15, 0.2) is 5.69 Å². The molecule has 0 atom stereocenters. The largest absolute Gasteiger partial charge is 0.393 e. The lowest BCUT2D eigenvalue weighted by Gasteiger charge is -2.30. The Morgan fingerprint density at radius 1 is 1.19 bits per heavy atom. The van der Waals surface area contributed by atoms with E-state index in [2.05, 4.69) is 35.4 Å². The third kappa shape index (κ3) is 3.82. The van der Waals surface area contributed by atoms with Crippen LogP contribution in [0, 0.1) is 13.8 Å². The van der Waals surface area contributed by atoms with E-state index in [1.165, 1.54) is 0 Å². The highest BCUT2D eigenvalue weighted by molar-refractivity contribution is 6.04. The van der Waals surface area contributed by atoms with Crippen molar-refractivity contribution in [2.24, 2.45) is 0 Å². The van der Waals surface area contributed by atoms with E-state index in [0.29, 0.717) is 11.4 Å². The molecule has 5 heterocycles. The molecule has 4 aromatic heterocycles. The lowest BCUT2D eigenvalue weighted by atomic mass is 10.1. The molecule has 4 N–H and O–H groups in total. The molecule has 0 bridgehead atoms. The molecule has 1 saturated heterocycles. The number of carbonyl (C=O) groups is 1. The molecular formula is C23H25N7O2. The van der Waals surface area contributed by atoms with Crippen LogP contribution in [0.2, 0.25) is 0 Å². The Balaban J connectivity index is 1.38. The first kappa shape index (κ1) is 20.2. The number of pyridine rings is 2. The molecule has 0 aliphatic carbocycles. The quantitative estimate of drug-likeness (QED) is 0.394. The number of fused-ring (bicyclic) bond motifs is 1. The van der Waals surface area contributed by atoms with Gasteiger partial charge in [0, 0.05) is 47.2 Å². The first-order valence-electron chi connectivity index (χ1n) is 10.7. The first-order valence-corrected chi connectivity index (χ1v) is 10.7.